The van der Waals surface area contributed by atoms with Gasteiger partial charge in [0.25, 0.3) is 0 Å². The average molecular weight is 234 g/mol. The lowest BCUT2D eigenvalue weighted by Gasteiger charge is -2.20. The number of carbonyl (C=O) groups is 1. The number of hydrogen-bond acceptors (Lipinski definition) is 3. The Kier molecular flexibility index (Phi) is 2.65. The summed E-state index contributed by atoms with van der Waals surface area (Å²) in [5, 5.41) is 0. The molecule has 3 rings (SSSR count). The first-order valence-corrected chi connectivity index (χ1v) is 6.43. The maximum absolute atomic E-state index is 11.9. The second kappa shape index (κ2) is 4.17. The second-order valence-corrected chi connectivity index (χ2v) is 5.06. The number of fused-ring (bicyclic) bond motifs is 1. The van der Waals surface area contributed by atoms with Gasteiger partial charge in [-0.15, -0.1) is 0 Å². The van der Waals surface area contributed by atoms with E-state index in [-0.39, 0.29) is 12.0 Å². The molecule has 1 heterocycles. The number of ether oxygens (including phenoxy) is 1. The van der Waals surface area contributed by atoms with Gasteiger partial charge in [0, 0.05) is 5.69 Å². The van der Waals surface area contributed by atoms with Crippen LogP contribution in [0.5, 0.6) is 0 Å². The summed E-state index contributed by atoms with van der Waals surface area (Å²) < 4.78 is 7.02. The molecule has 0 radical (unpaired) electrons. The van der Waals surface area contributed by atoms with Gasteiger partial charge in [-0.05, 0) is 44.4 Å². The molecule has 0 N–H and O–H groups in total. The van der Waals surface area contributed by atoms with Crippen molar-refractivity contribution < 1.29 is 9.53 Å². The Hall–Kier alpha value is -1.32. The maximum Gasteiger partial charge on any atom is 0.329 e. The Labute approximate surface area is 101 Å². The van der Waals surface area contributed by atoms with Crippen molar-refractivity contribution in [2.75, 3.05) is 7.11 Å². The van der Waals surface area contributed by atoms with E-state index in [1.54, 1.807) is 0 Å². The Bertz CT molecular complexity index is 435. The van der Waals surface area contributed by atoms with Gasteiger partial charge in [-0.3, -0.25) is 0 Å². The highest BCUT2D eigenvalue weighted by Crippen LogP contribution is 2.41. The summed E-state index contributed by atoms with van der Waals surface area (Å²) in [6, 6.07) is -0.130. The molecule has 1 aromatic heterocycles. The molecule has 1 atom stereocenters. The van der Waals surface area contributed by atoms with Crippen LogP contribution >= 0.6 is 0 Å². The van der Waals surface area contributed by atoms with Gasteiger partial charge in [0.1, 0.15) is 6.04 Å². The highest BCUT2D eigenvalue weighted by Gasteiger charge is 2.39. The minimum absolute atomic E-state index is 0.113. The van der Waals surface area contributed by atoms with Gasteiger partial charge in [-0.25, -0.2) is 9.78 Å². The average Bonchev–Trinajstić information content (AvgIpc) is 3.10. The first-order chi connectivity index (χ1) is 8.31. The third kappa shape index (κ3) is 1.85. The van der Waals surface area contributed by atoms with E-state index in [9.17, 15) is 4.79 Å². The quantitative estimate of drug-likeness (QED) is 0.750. The van der Waals surface area contributed by atoms with Crippen LogP contribution in [0.15, 0.2) is 6.33 Å². The highest BCUT2D eigenvalue weighted by atomic mass is 16.5. The van der Waals surface area contributed by atoms with E-state index in [0.717, 1.165) is 25.7 Å². The van der Waals surface area contributed by atoms with Crippen molar-refractivity contribution in [1.29, 1.82) is 0 Å². The molecule has 2 aliphatic carbocycles. The molecule has 0 spiro atoms. The van der Waals surface area contributed by atoms with Crippen LogP contribution < -0.4 is 0 Å². The molecule has 1 unspecified atom stereocenters. The SMILES string of the molecule is COC(=O)C(C1CC1)n1cnc2c1CCCC2. The molecule has 17 heavy (non-hydrogen) atoms. The van der Waals surface area contributed by atoms with Crippen LogP contribution in [0.25, 0.3) is 0 Å². The molecule has 1 saturated carbocycles. The molecular formula is C13H18N2O2. The number of methoxy groups -OCH3 is 1. The molecular weight excluding hydrogens is 216 g/mol. The van der Waals surface area contributed by atoms with E-state index in [2.05, 4.69) is 9.55 Å². The minimum Gasteiger partial charge on any atom is -0.467 e. The molecule has 0 amide bonds. The van der Waals surface area contributed by atoms with Gasteiger partial charge in [0.05, 0.1) is 19.1 Å². The van der Waals surface area contributed by atoms with Crippen molar-refractivity contribution in [3.63, 3.8) is 0 Å². The Morgan fingerprint density at radius 3 is 2.94 bits per heavy atom. The summed E-state index contributed by atoms with van der Waals surface area (Å²) >= 11 is 0. The molecule has 0 bridgehead atoms. The zero-order valence-electron chi connectivity index (χ0n) is 10.2. The van der Waals surface area contributed by atoms with E-state index >= 15 is 0 Å². The predicted octanol–water partition coefficient (Wildman–Crippen LogP) is 1.89. The van der Waals surface area contributed by atoms with Crippen LogP contribution in [0.1, 0.15) is 43.1 Å². The smallest absolute Gasteiger partial charge is 0.329 e. The Balaban J connectivity index is 1.95. The number of imidazole rings is 1. The Morgan fingerprint density at radius 2 is 2.24 bits per heavy atom. The maximum atomic E-state index is 11.9. The van der Waals surface area contributed by atoms with Crippen LogP contribution in [-0.4, -0.2) is 22.6 Å². The molecule has 0 saturated heterocycles. The highest BCUT2D eigenvalue weighted by molar-refractivity contribution is 5.75. The van der Waals surface area contributed by atoms with Gasteiger partial charge < -0.3 is 9.30 Å². The van der Waals surface area contributed by atoms with Gasteiger partial charge in [0.2, 0.25) is 0 Å². The molecule has 4 nitrogen and oxygen atoms in total. The molecule has 0 aliphatic heterocycles. The number of esters is 1. The first-order valence-electron chi connectivity index (χ1n) is 6.43. The van der Waals surface area contributed by atoms with Crippen molar-refractivity contribution in [3.8, 4) is 0 Å². The molecule has 92 valence electrons. The van der Waals surface area contributed by atoms with E-state index in [1.807, 2.05) is 6.33 Å². The minimum atomic E-state index is -0.130. The number of aryl methyl sites for hydroxylation is 1. The topological polar surface area (TPSA) is 44.1 Å². The fourth-order valence-corrected chi connectivity index (χ4v) is 2.80. The van der Waals surface area contributed by atoms with Crippen molar-refractivity contribution in [2.24, 2.45) is 5.92 Å². The second-order valence-electron chi connectivity index (χ2n) is 5.06. The summed E-state index contributed by atoms with van der Waals surface area (Å²) in [7, 11) is 1.47. The number of nitrogens with zero attached hydrogens (tertiary/aromatic N) is 2. The van der Waals surface area contributed by atoms with Crippen molar-refractivity contribution in [1.82, 2.24) is 9.55 Å². The van der Waals surface area contributed by atoms with Crippen molar-refractivity contribution in [3.05, 3.63) is 17.7 Å². The monoisotopic (exact) mass is 234 g/mol. The summed E-state index contributed by atoms with van der Waals surface area (Å²) in [6.45, 7) is 0. The lowest BCUT2D eigenvalue weighted by molar-refractivity contribution is -0.145. The third-order valence-electron chi connectivity index (χ3n) is 3.87. The van der Waals surface area contributed by atoms with E-state index in [1.165, 1.54) is 31.3 Å². The molecule has 1 aromatic rings. The van der Waals surface area contributed by atoms with Crippen LogP contribution in [-0.2, 0) is 22.4 Å². The summed E-state index contributed by atoms with van der Waals surface area (Å²) in [5.41, 5.74) is 2.45. The fraction of sp³-hybridized carbons (Fsp3) is 0.692. The van der Waals surface area contributed by atoms with E-state index in [4.69, 9.17) is 4.74 Å². The largest absolute Gasteiger partial charge is 0.467 e. The standard InChI is InChI=1S/C13H18N2O2/c1-17-13(16)12(9-6-7-9)15-8-14-10-4-2-3-5-11(10)15/h8-9,12H,2-7H2,1H3. The lowest BCUT2D eigenvalue weighted by atomic mass is 10.0. The molecule has 1 fully saturated rings. The van der Waals surface area contributed by atoms with Gasteiger partial charge >= 0.3 is 5.97 Å². The Morgan fingerprint density at radius 1 is 1.47 bits per heavy atom. The van der Waals surface area contributed by atoms with Crippen molar-refractivity contribution in [2.45, 2.75) is 44.6 Å². The normalized spacial score (nSPS) is 20.8. The van der Waals surface area contributed by atoms with Crippen molar-refractivity contribution >= 4 is 5.97 Å². The summed E-state index contributed by atoms with van der Waals surface area (Å²) in [4.78, 5) is 16.4. The number of aromatic nitrogens is 2. The van der Waals surface area contributed by atoms with Crippen LogP contribution in [0.2, 0.25) is 0 Å². The first kappa shape index (κ1) is 10.8. The number of carbonyl (C=O) groups excluding carboxylic acids is 1. The van der Waals surface area contributed by atoms with Crippen LogP contribution in [0.4, 0.5) is 0 Å². The zero-order chi connectivity index (χ0) is 11.8. The predicted molar refractivity (Wildman–Crippen MR) is 62.6 cm³/mol. The van der Waals surface area contributed by atoms with Gasteiger partial charge in [-0.2, -0.15) is 0 Å². The van der Waals surface area contributed by atoms with Crippen LogP contribution in [0.3, 0.4) is 0 Å². The van der Waals surface area contributed by atoms with Gasteiger partial charge in [0.15, 0.2) is 0 Å². The summed E-state index contributed by atoms with van der Waals surface area (Å²) in [6.07, 6.45) is 8.64. The lowest BCUT2D eigenvalue weighted by Crippen LogP contribution is -2.24. The zero-order valence-corrected chi connectivity index (χ0v) is 10.2. The molecule has 4 heteroatoms. The van der Waals surface area contributed by atoms with E-state index in [0.29, 0.717) is 5.92 Å². The fourth-order valence-electron chi connectivity index (χ4n) is 2.80. The molecule has 2 aliphatic rings. The number of hydrogen-bond donors (Lipinski definition) is 0. The third-order valence-corrected chi connectivity index (χ3v) is 3.87. The molecule has 0 aromatic carbocycles. The van der Waals surface area contributed by atoms with Crippen LogP contribution in [0, 0.1) is 5.92 Å². The summed E-state index contributed by atoms with van der Waals surface area (Å²) in [5.74, 6) is 0.348. The van der Waals surface area contributed by atoms with E-state index < -0.39 is 0 Å². The van der Waals surface area contributed by atoms with Gasteiger partial charge in [-0.1, -0.05) is 0 Å². The number of rotatable bonds is 3.